The third kappa shape index (κ3) is 16.5. The van der Waals surface area contributed by atoms with Crippen molar-refractivity contribution in [2.24, 2.45) is 0 Å². The lowest BCUT2D eigenvalue weighted by molar-refractivity contribution is 0.414. The van der Waals surface area contributed by atoms with Crippen LogP contribution >= 0.6 is 0 Å². The zero-order valence-electron chi connectivity index (χ0n) is 63.3. The molecule has 26 heteroatoms. The second kappa shape index (κ2) is 34.0. The molecule has 25 nitrogen and oxygen atoms in total. The Bertz CT molecular complexity index is 6250. The first-order valence-corrected chi connectivity index (χ1v) is 37.7. The summed E-state index contributed by atoms with van der Waals surface area (Å²) in [5.74, 6) is 5.96. The number of methoxy groups -OCH3 is 1. The zero-order valence-corrected chi connectivity index (χ0v) is 63.3. The maximum absolute atomic E-state index is 13.8. The number of nitrogens with one attached hydrogen (secondary N) is 8. The van der Waals surface area contributed by atoms with Gasteiger partial charge in [0.25, 0.3) is 0 Å². The Kier molecular flexibility index (Phi) is 21.5. The van der Waals surface area contributed by atoms with Crippen molar-refractivity contribution < 1.29 is 9.13 Å². The van der Waals surface area contributed by atoms with Gasteiger partial charge in [-0.2, -0.15) is 0 Å². The van der Waals surface area contributed by atoms with Crippen molar-refractivity contribution in [3.05, 3.63) is 308 Å². The summed E-state index contributed by atoms with van der Waals surface area (Å²) in [6.45, 7) is 6.88. The first-order valence-electron chi connectivity index (χ1n) is 37.7. The van der Waals surface area contributed by atoms with Gasteiger partial charge in [-0.25, -0.2) is 64.2 Å². The molecule has 4 aliphatic rings. The number of fused-ring (bicyclic) bond motifs is 20. The number of ether oxygens (including phenoxy) is 1. The minimum absolute atomic E-state index is 0.201. The normalized spacial score (nSPS) is 11.4. The van der Waals surface area contributed by atoms with Crippen LogP contribution in [0.3, 0.4) is 0 Å². The number of pyridine rings is 8. The molecular weight excluding hydrogens is 1450 g/mol. The number of anilines is 12. The largest absolute Gasteiger partial charge is 0.497 e. The number of hydrogen-bond donors (Lipinski definition) is 8. The number of benzene rings is 4. The Hall–Kier alpha value is -15.5. The van der Waals surface area contributed by atoms with Gasteiger partial charge >= 0.3 is 0 Å². The Morgan fingerprint density at radius 1 is 0.310 bits per heavy atom. The standard InChI is InChI=1S/C23H20N6O.C23H20N6.C22H17FN6.C22H18N6/c1-30-16-6-4-15(5-7-16)8-12-26-23-27-13-19-17-9-11-24-14-20(17)28-22-18(21(19)29-23)3-2-10-25-22;1-15-4-2-5-16(12-15)7-11-26-23-27-13-19-17-8-10-24-14-20(17)28-22-18(21(19)29-23)6-3-9-25-22;23-18-6-2-1-4-14(18)7-11-26-22-27-12-17-15-8-10-24-13-19(15)28-21-16(20(17)29-22)5-3-9-25-21;1-14-4-2-5-15(10-14)11-25-22-26-12-18-16-7-9-23-13-19(16)27-21-17(20(18)28-22)6-3-8-24-21/h2-7,9-11,13-14H,8,12H2,1H3,(H,25,28)(H,26,27,29);2-6,8-10,12-14H,7,11H2,1H3,(H,25,28)(H,26,27,29);1-6,8-10,12-13H,7,11H2,(H,25,28)(H,26,27,29);2-10,12-13H,11H2,1H3,(H,24,27)(H,25,26,28). The average Bonchev–Trinajstić information content (AvgIpc) is 1.62. The number of halogens is 1. The van der Waals surface area contributed by atoms with Crippen LogP contribution in [0, 0.1) is 19.7 Å². The Balaban J connectivity index is 0.000000111. The molecule has 4 aliphatic heterocycles. The quantitative estimate of drug-likeness (QED) is 0.0446. The first kappa shape index (κ1) is 73.3. The first-order chi connectivity index (χ1) is 57.2. The van der Waals surface area contributed by atoms with E-state index in [-0.39, 0.29) is 5.82 Å². The second-order valence-corrected chi connectivity index (χ2v) is 27.4. The van der Waals surface area contributed by atoms with Crippen molar-refractivity contribution in [3.63, 3.8) is 0 Å². The van der Waals surface area contributed by atoms with Crippen molar-refractivity contribution in [2.75, 3.05) is 69.3 Å². The van der Waals surface area contributed by atoms with E-state index in [1.54, 1.807) is 99.8 Å². The van der Waals surface area contributed by atoms with E-state index < -0.39 is 0 Å². The van der Waals surface area contributed by atoms with Gasteiger partial charge in [0.1, 0.15) is 34.8 Å². The van der Waals surface area contributed by atoms with Crippen LogP contribution in [0.2, 0.25) is 0 Å². The van der Waals surface area contributed by atoms with E-state index in [0.29, 0.717) is 48.9 Å². The molecule has 0 spiro atoms. The minimum atomic E-state index is -0.201. The van der Waals surface area contributed by atoms with Crippen molar-refractivity contribution in [1.29, 1.82) is 0 Å². The minimum Gasteiger partial charge on any atom is -0.497 e. The highest BCUT2D eigenvalue weighted by atomic mass is 19.1. The summed E-state index contributed by atoms with van der Waals surface area (Å²) in [7, 11) is 1.67. The predicted molar refractivity (Wildman–Crippen MR) is 453 cm³/mol. The van der Waals surface area contributed by atoms with Crippen LogP contribution < -0.4 is 47.3 Å². The molecule has 0 radical (unpaired) electrons. The Morgan fingerprint density at radius 2 is 0.672 bits per heavy atom. The van der Waals surface area contributed by atoms with Gasteiger partial charge in [0.2, 0.25) is 23.8 Å². The molecule has 8 N–H and O–H groups in total. The molecule has 0 bridgehead atoms. The predicted octanol–water partition coefficient (Wildman–Crippen LogP) is 18.0. The average molecular weight is 1530 g/mol. The van der Waals surface area contributed by atoms with E-state index in [4.69, 9.17) is 24.7 Å². The molecule has 0 amide bonds. The lowest BCUT2D eigenvalue weighted by Crippen LogP contribution is -2.09. The number of aryl methyl sites for hydroxylation is 2. The molecule has 0 saturated carbocycles. The van der Waals surface area contributed by atoms with Gasteiger partial charge < -0.3 is 47.3 Å². The molecule has 0 atom stereocenters. The Labute approximate surface area is 667 Å². The molecule has 20 rings (SSSR count). The van der Waals surface area contributed by atoms with Crippen molar-refractivity contribution in [3.8, 4) is 95.3 Å². The molecule has 568 valence electrons. The molecule has 12 aromatic heterocycles. The summed E-state index contributed by atoms with van der Waals surface area (Å²) in [5.41, 5.74) is 25.2. The van der Waals surface area contributed by atoms with Gasteiger partial charge in [0.05, 0.1) is 77.4 Å². The molecule has 16 heterocycles. The fraction of sp³-hybridized carbons (Fsp3) is 0.111. The number of rotatable bonds is 16. The summed E-state index contributed by atoms with van der Waals surface area (Å²) in [6, 6.07) is 55.3. The summed E-state index contributed by atoms with van der Waals surface area (Å²) < 4.78 is 19.0. The van der Waals surface area contributed by atoms with E-state index >= 15 is 0 Å². The van der Waals surface area contributed by atoms with Crippen molar-refractivity contribution >= 4 is 69.8 Å². The lowest BCUT2D eigenvalue weighted by Gasteiger charge is -2.11. The van der Waals surface area contributed by atoms with Gasteiger partial charge in [-0.15, -0.1) is 0 Å². The summed E-state index contributed by atoms with van der Waals surface area (Å²) in [4.78, 5) is 72.2. The summed E-state index contributed by atoms with van der Waals surface area (Å²) in [5, 5.41) is 26.7. The molecule has 16 aromatic rings. The van der Waals surface area contributed by atoms with Gasteiger partial charge in [-0.1, -0.05) is 90.0 Å². The molecule has 116 heavy (non-hydrogen) atoms. The third-order valence-electron chi connectivity index (χ3n) is 19.7. The molecule has 0 aliphatic carbocycles. The maximum atomic E-state index is 13.8. The van der Waals surface area contributed by atoms with Crippen LogP contribution in [-0.4, -0.2) is 106 Å². The summed E-state index contributed by atoms with van der Waals surface area (Å²) >= 11 is 0. The van der Waals surface area contributed by atoms with Gasteiger partial charge in [0.15, 0.2) is 0 Å². The van der Waals surface area contributed by atoms with Crippen LogP contribution in [0.5, 0.6) is 5.75 Å². The molecule has 0 saturated heterocycles. The fourth-order valence-electron chi connectivity index (χ4n) is 14.0. The fourth-order valence-corrected chi connectivity index (χ4v) is 14.0. The highest BCUT2D eigenvalue weighted by Crippen LogP contribution is 2.46. The van der Waals surface area contributed by atoms with E-state index in [9.17, 15) is 4.39 Å². The van der Waals surface area contributed by atoms with Crippen molar-refractivity contribution in [2.45, 2.75) is 39.7 Å². The van der Waals surface area contributed by atoms with Crippen molar-refractivity contribution in [1.82, 2.24) is 79.7 Å². The van der Waals surface area contributed by atoms with Crippen LogP contribution in [-0.2, 0) is 25.8 Å². The molecule has 0 unspecified atom stereocenters. The van der Waals surface area contributed by atoms with E-state index in [1.165, 1.54) is 33.9 Å². The highest BCUT2D eigenvalue weighted by Gasteiger charge is 2.27. The molecule has 4 aromatic carbocycles. The van der Waals surface area contributed by atoms with E-state index in [0.717, 1.165) is 167 Å². The van der Waals surface area contributed by atoms with E-state index in [2.05, 4.69) is 177 Å². The topological polar surface area (TPSA) is 312 Å². The van der Waals surface area contributed by atoms with Crippen LogP contribution in [0.4, 0.5) is 74.2 Å². The number of hydrogen-bond acceptors (Lipinski definition) is 25. The highest BCUT2D eigenvalue weighted by molar-refractivity contribution is 5.99. The van der Waals surface area contributed by atoms with Gasteiger partial charge in [0, 0.05) is 167 Å². The zero-order chi connectivity index (χ0) is 78.5. The van der Waals surface area contributed by atoms with Crippen LogP contribution in [0.15, 0.2) is 269 Å². The third-order valence-corrected chi connectivity index (χ3v) is 19.7. The number of nitrogens with zero attached hydrogens (tertiary/aromatic N) is 16. The van der Waals surface area contributed by atoms with Gasteiger partial charge in [-0.3, -0.25) is 19.9 Å². The summed E-state index contributed by atoms with van der Waals surface area (Å²) in [6.07, 6.45) is 31.0. The van der Waals surface area contributed by atoms with Gasteiger partial charge in [-0.05, 0) is 146 Å². The lowest BCUT2D eigenvalue weighted by atomic mass is 10.0. The van der Waals surface area contributed by atoms with Crippen LogP contribution in [0.1, 0.15) is 33.4 Å². The van der Waals surface area contributed by atoms with E-state index in [1.807, 2.05) is 110 Å². The Morgan fingerprint density at radius 3 is 1.06 bits per heavy atom. The molecular formula is C90H75FN24O. The smallest absolute Gasteiger partial charge is 0.223 e. The number of aromatic nitrogens is 16. The van der Waals surface area contributed by atoms with Crippen LogP contribution in [0.25, 0.3) is 89.5 Å². The SMILES string of the molecule is COc1ccc(CCNc2ncc3c(n2)-c2cccnc2Nc2cnccc2-3)cc1.Cc1cccc(CCNc2ncc3c(n2)-c2cccnc2Nc2cnccc2-3)c1.Cc1cccc(CNc2ncc3c(n2)-c2cccnc2Nc2cnccc2-3)c1.Fc1ccccc1CCNc1ncc2c(n1)-c1cccnc1Nc1cnccc1-2. The maximum Gasteiger partial charge on any atom is 0.223 e. The monoisotopic (exact) mass is 1530 g/mol. The second-order valence-electron chi connectivity index (χ2n) is 27.4. The molecule has 0 fully saturated rings.